The van der Waals surface area contributed by atoms with Gasteiger partial charge in [0, 0.05) is 17.3 Å². The van der Waals surface area contributed by atoms with Crippen LogP contribution in [-0.4, -0.2) is 40.4 Å². The molecule has 1 aliphatic rings. The van der Waals surface area contributed by atoms with E-state index in [1.807, 2.05) is 0 Å². The fourth-order valence-corrected chi connectivity index (χ4v) is 3.39. The second-order valence-electron chi connectivity index (χ2n) is 6.70. The van der Waals surface area contributed by atoms with Crippen LogP contribution in [0.1, 0.15) is 18.5 Å². The van der Waals surface area contributed by atoms with Crippen molar-refractivity contribution in [2.75, 3.05) is 33.8 Å². The van der Waals surface area contributed by atoms with Crippen molar-refractivity contribution in [2.24, 2.45) is 0 Å². The summed E-state index contributed by atoms with van der Waals surface area (Å²) in [6.07, 6.45) is 0. The predicted octanol–water partition coefficient (Wildman–Crippen LogP) is 2.99. The molecule has 0 bridgehead atoms. The zero-order chi connectivity index (χ0) is 22.5. The van der Waals surface area contributed by atoms with Gasteiger partial charge in [0.2, 0.25) is 0 Å². The van der Waals surface area contributed by atoms with Crippen LogP contribution in [0.2, 0.25) is 0 Å². The van der Waals surface area contributed by atoms with E-state index in [2.05, 4.69) is 16.0 Å². The number of amides is 3. The smallest absolute Gasteiger partial charge is 0.319 e. The van der Waals surface area contributed by atoms with E-state index in [-0.39, 0.29) is 0 Å². The van der Waals surface area contributed by atoms with Crippen LogP contribution in [0.15, 0.2) is 47.7 Å². The van der Waals surface area contributed by atoms with Crippen molar-refractivity contribution in [3.05, 3.63) is 53.2 Å². The number of rotatable bonds is 7. The average molecular weight is 427 g/mol. The first kappa shape index (κ1) is 21.8. The van der Waals surface area contributed by atoms with Crippen molar-refractivity contribution in [2.45, 2.75) is 13.0 Å². The molecule has 0 saturated carbocycles. The molecule has 1 aliphatic heterocycles. The molecule has 1 unspecified atom stereocenters. The average Bonchev–Trinajstić information content (AvgIpc) is 2.77. The van der Waals surface area contributed by atoms with E-state index in [0.29, 0.717) is 45.5 Å². The monoisotopic (exact) mass is 427 g/mol. The van der Waals surface area contributed by atoms with Gasteiger partial charge in [0.15, 0.2) is 0 Å². The minimum absolute atomic E-state index is 0.316. The van der Waals surface area contributed by atoms with Gasteiger partial charge in [-0.2, -0.15) is 0 Å². The quantitative estimate of drug-likeness (QED) is 0.627. The van der Waals surface area contributed by atoms with Gasteiger partial charge in [0.05, 0.1) is 45.7 Å². The fraction of sp³-hybridized carbons (Fsp3) is 0.273. The van der Waals surface area contributed by atoms with Crippen molar-refractivity contribution in [3.8, 4) is 23.0 Å². The summed E-state index contributed by atoms with van der Waals surface area (Å²) in [4.78, 5) is 25.6. The Kier molecular flexibility index (Phi) is 6.54. The molecule has 9 nitrogen and oxygen atoms in total. The highest BCUT2D eigenvalue weighted by Crippen LogP contribution is 2.37. The summed E-state index contributed by atoms with van der Waals surface area (Å²) in [5, 5.41) is 8.30. The largest absolute Gasteiger partial charge is 0.497 e. The number of methoxy groups -OCH3 is 4. The minimum Gasteiger partial charge on any atom is -0.497 e. The van der Waals surface area contributed by atoms with Crippen molar-refractivity contribution in [3.63, 3.8) is 0 Å². The van der Waals surface area contributed by atoms with Crippen LogP contribution in [0.4, 0.5) is 10.5 Å². The topological polar surface area (TPSA) is 107 Å². The van der Waals surface area contributed by atoms with Crippen molar-refractivity contribution in [1.29, 1.82) is 0 Å². The lowest BCUT2D eigenvalue weighted by Gasteiger charge is -2.30. The molecule has 3 N–H and O–H groups in total. The number of carbonyl (C=O) groups excluding carboxylic acids is 2. The molecule has 3 rings (SSSR count). The van der Waals surface area contributed by atoms with E-state index in [1.54, 1.807) is 43.3 Å². The second-order valence-corrected chi connectivity index (χ2v) is 6.70. The number of urea groups is 1. The molecule has 0 aromatic heterocycles. The van der Waals surface area contributed by atoms with Crippen LogP contribution < -0.4 is 34.9 Å². The number of carbonyl (C=O) groups is 2. The molecule has 3 amide bonds. The summed E-state index contributed by atoms with van der Waals surface area (Å²) in [7, 11) is 6.10. The Morgan fingerprint density at radius 1 is 0.903 bits per heavy atom. The van der Waals surface area contributed by atoms with Gasteiger partial charge >= 0.3 is 6.03 Å². The number of hydrogen-bond donors (Lipinski definition) is 3. The third kappa shape index (κ3) is 4.50. The molecular weight excluding hydrogens is 402 g/mol. The first-order chi connectivity index (χ1) is 14.9. The molecule has 2 aromatic rings. The standard InChI is InChI=1S/C22H25N3O6/c1-12-19(21(26)24-16-11-14(29-3)7-9-18(16)31-5)20(25-22(27)23-12)15-10-13(28-2)6-8-17(15)30-4/h6-11,20H,1-5H3,(H,24,26)(H2,23,25,27). The maximum absolute atomic E-state index is 13.4. The van der Waals surface area contributed by atoms with E-state index in [0.717, 1.165) is 0 Å². The first-order valence-electron chi connectivity index (χ1n) is 9.45. The van der Waals surface area contributed by atoms with Gasteiger partial charge in [-0.25, -0.2) is 4.79 Å². The lowest BCUT2D eigenvalue weighted by molar-refractivity contribution is -0.113. The van der Waals surface area contributed by atoms with Gasteiger partial charge in [-0.3, -0.25) is 4.79 Å². The highest BCUT2D eigenvalue weighted by molar-refractivity contribution is 6.07. The number of anilines is 1. The maximum Gasteiger partial charge on any atom is 0.319 e. The Morgan fingerprint density at radius 3 is 2.13 bits per heavy atom. The molecule has 31 heavy (non-hydrogen) atoms. The SMILES string of the molecule is COc1ccc(OC)c(NC(=O)C2=C(C)NC(=O)NC2c2cc(OC)ccc2OC)c1. The fourth-order valence-electron chi connectivity index (χ4n) is 3.39. The van der Waals surface area contributed by atoms with E-state index >= 15 is 0 Å². The summed E-state index contributed by atoms with van der Waals surface area (Å²) in [6, 6.07) is 9.06. The molecule has 9 heteroatoms. The molecular formula is C22H25N3O6. The highest BCUT2D eigenvalue weighted by atomic mass is 16.5. The Balaban J connectivity index is 2.04. The Bertz CT molecular complexity index is 1030. The molecule has 164 valence electrons. The van der Waals surface area contributed by atoms with Gasteiger partial charge in [0.1, 0.15) is 23.0 Å². The Morgan fingerprint density at radius 2 is 1.52 bits per heavy atom. The van der Waals surface area contributed by atoms with Crippen LogP contribution >= 0.6 is 0 Å². The third-order valence-corrected chi connectivity index (χ3v) is 4.92. The Hall–Kier alpha value is -3.88. The van der Waals surface area contributed by atoms with Gasteiger partial charge in [-0.05, 0) is 37.3 Å². The van der Waals surface area contributed by atoms with Gasteiger partial charge in [0.25, 0.3) is 5.91 Å². The highest BCUT2D eigenvalue weighted by Gasteiger charge is 2.33. The predicted molar refractivity (Wildman–Crippen MR) is 115 cm³/mol. The van der Waals surface area contributed by atoms with Gasteiger partial charge in [-0.1, -0.05) is 0 Å². The first-order valence-corrected chi connectivity index (χ1v) is 9.45. The number of hydrogen-bond acceptors (Lipinski definition) is 6. The van der Waals surface area contributed by atoms with Crippen molar-refractivity contribution in [1.82, 2.24) is 10.6 Å². The molecule has 0 saturated heterocycles. The summed E-state index contributed by atoms with van der Waals surface area (Å²) < 4.78 is 21.4. The maximum atomic E-state index is 13.4. The lowest BCUT2D eigenvalue weighted by Crippen LogP contribution is -2.46. The van der Waals surface area contributed by atoms with Crippen LogP contribution in [-0.2, 0) is 4.79 Å². The van der Waals surface area contributed by atoms with E-state index in [9.17, 15) is 9.59 Å². The molecule has 0 radical (unpaired) electrons. The van der Waals surface area contributed by atoms with Crippen molar-refractivity contribution >= 4 is 17.6 Å². The van der Waals surface area contributed by atoms with Gasteiger partial charge < -0.3 is 34.9 Å². The molecule has 0 aliphatic carbocycles. The summed E-state index contributed by atoms with van der Waals surface area (Å²) in [5.74, 6) is 1.67. The van der Waals surface area contributed by atoms with Gasteiger partial charge in [-0.15, -0.1) is 0 Å². The zero-order valence-corrected chi connectivity index (χ0v) is 18.0. The molecule has 2 aromatic carbocycles. The number of benzene rings is 2. The van der Waals surface area contributed by atoms with Crippen LogP contribution in [0.25, 0.3) is 0 Å². The minimum atomic E-state index is -0.768. The normalized spacial score (nSPS) is 15.5. The molecule has 0 fully saturated rings. The van der Waals surface area contributed by atoms with E-state index in [1.165, 1.54) is 28.4 Å². The van der Waals surface area contributed by atoms with E-state index in [4.69, 9.17) is 18.9 Å². The van der Waals surface area contributed by atoms with Crippen LogP contribution in [0, 0.1) is 0 Å². The number of ether oxygens (including phenoxy) is 4. The summed E-state index contributed by atoms with van der Waals surface area (Å²) >= 11 is 0. The summed E-state index contributed by atoms with van der Waals surface area (Å²) in [6.45, 7) is 1.66. The van der Waals surface area contributed by atoms with Crippen LogP contribution in [0.3, 0.4) is 0 Å². The summed E-state index contributed by atoms with van der Waals surface area (Å²) in [5.41, 5.74) is 1.74. The Labute approximate surface area is 180 Å². The molecule has 1 heterocycles. The van der Waals surface area contributed by atoms with E-state index < -0.39 is 18.0 Å². The number of allylic oxidation sites excluding steroid dienone is 1. The lowest BCUT2D eigenvalue weighted by atomic mass is 9.93. The van der Waals surface area contributed by atoms with Crippen molar-refractivity contribution < 1.29 is 28.5 Å². The third-order valence-electron chi connectivity index (χ3n) is 4.92. The molecule has 0 spiro atoms. The second kappa shape index (κ2) is 9.29. The molecule has 1 atom stereocenters. The van der Waals surface area contributed by atoms with Crippen LogP contribution in [0.5, 0.6) is 23.0 Å². The number of nitrogens with one attached hydrogen (secondary N) is 3. The zero-order valence-electron chi connectivity index (χ0n) is 18.0.